The van der Waals surface area contributed by atoms with Crippen LogP contribution in [-0.4, -0.2) is 11.9 Å². The third-order valence-electron chi connectivity index (χ3n) is 2.83. The largest absolute Gasteiger partial charge is 0.310 e. The van der Waals surface area contributed by atoms with Gasteiger partial charge < -0.3 is 4.90 Å². The molecule has 1 fully saturated rings. The number of carbonyl (C=O) groups is 1. The summed E-state index contributed by atoms with van der Waals surface area (Å²) in [7, 11) is 0. The number of amides is 1. The van der Waals surface area contributed by atoms with E-state index in [-0.39, 0.29) is 17.8 Å². The van der Waals surface area contributed by atoms with Crippen molar-refractivity contribution in [3.05, 3.63) is 30.1 Å². The Bertz CT molecular complexity index is 360. The van der Waals surface area contributed by atoms with E-state index in [1.54, 1.807) is 17.0 Å². The molecule has 1 aromatic rings. The van der Waals surface area contributed by atoms with E-state index < -0.39 is 0 Å². The fourth-order valence-corrected chi connectivity index (χ4v) is 2.04. The summed E-state index contributed by atoms with van der Waals surface area (Å²) < 4.78 is 12.7. The predicted octanol–water partition coefficient (Wildman–Crippen LogP) is 2.73. The first kappa shape index (κ1) is 10.1. The lowest BCUT2D eigenvalue weighted by Crippen LogP contribution is -2.42. The molecule has 2 rings (SSSR count). The number of benzene rings is 1. The molecule has 0 N–H and O–H groups in total. The monoisotopic (exact) mass is 207 g/mol. The van der Waals surface area contributed by atoms with Crippen LogP contribution in [0.5, 0.6) is 0 Å². The number of hydrogen-bond acceptors (Lipinski definition) is 1. The number of carbonyl (C=O) groups excluding carboxylic acids is 1. The Balaban J connectivity index is 2.27. The molecule has 1 unspecified atom stereocenters. The average Bonchev–Trinajstić information content (AvgIpc) is 2.20. The zero-order valence-corrected chi connectivity index (χ0v) is 8.74. The first-order valence-electron chi connectivity index (χ1n) is 5.26. The van der Waals surface area contributed by atoms with Crippen molar-refractivity contribution < 1.29 is 9.18 Å². The Labute approximate surface area is 88.7 Å². The summed E-state index contributed by atoms with van der Waals surface area (Å²) in [5.74, 6) is -0.129. The first-order chi connectivity index (χ1) is 7.18. The van der Waals surface area contributed by atoms with E-state index in [4.69, 9.17) is 0 Å². The molecule has 1 heterocycles. The maximum absolute atomic E-state index is 12.7. The van der Waals surface area contributed by atoms with Crippen LogP contribution in [0.1, 0.15) is 26.2 Å². The molecule has 15 heavy (non-hydrogen) atoms. The highest BCUT2D eigenvalue weighted by Crippen LogP contribution is 2.25. The van der Waals surface area contributed by atoms with E-state index in [1.165, 1.54) is 12.1 Å². The van der Waals surface area contributed by atoms with E-state index >= 15 is 0 Å². The van der Waals surface area contributed by atoms with Crippen LogP contribution in [0.2, 0.25) is 0 Å². The van der Waals surface area contributed by atoms with Crippen LogP contribution in [0.25, 0.3) is 0 Å². The van der Waals surface area contributed by atoms with Crippen molar-refractivity contribution in [1.82, 2.24) is 0 Å². The number of anilines is 1. The van der Waals surface area contributed by atoms with Gasteiger partial charge in [0.15, 0.2) is 0 Å². The van der Waals surface area contributed by atoms with Crippen LogP contribution in [0.3, 0.4) is 0 Å². The number of nitrogens with zero attached hydrogens (tertiary/aromatic N) is 1. The van der Waals surface area contributed by atoms with Crippen molar-refractivity contribution in [3.8, 4) is 0 Å². The van der Waals surface area contributed by atoms with Gasteiger partial charge >= 0.3 is 0 Å². The van der Waals surface area contributed by atoms with Crippen molar-refractivity contribution in [3.63, 3.8) is 0 Å². The molecule has 0 aliphatic carbocycles. The zero-order valence-electron chi connectivity index (χ0n) is 8.74. The van der Waals surface area contributed by atoms with E-state index in [2.05, 4.69) is 0 Å². The highest BCUT2D eigenvalue weighted by molar-refractivity contribution is 5.94. The van der Waals surface area contributed by atoms with Crippen LogP contribution < -0.4 is 4.90 Å². The van der Waals surface area contributed by atoms with Crippen LogP contribution in [0.15, 0.2) is 24.3 Å². The van der Waals surface area contributed by atoms with Crippen molar-refractivity contribution in [1.29, 1.82) is 0 Å². The van der Waals surface area contributed by atoms with Crippen LogP contribution in [0, 0.1) is 5.82 Å². The number of hydrogen-bond donors (Lipinski definition) is 0. The lowest BCUT2D eigenvalue weighted by atomic mass is 10.0. The number of piperidine rings is 1. The van der Waals surface area contributed by atoms with E-state index in [0.29, 0.717) is 6.42 Å². The minimum absolute atomic E-state index is 0.139. The van der Waals surface area contributed by atoms with Crippen molar-refractivity contribution in [2.24, 2.45) is 0 Å². The van der Waals surface area contributed by atoms with Gasteiger partial charge in [0, 0.05) is 18.2 Å². The molecule has 1 atom stereocenters. The molecule has 0 bridgehead atoms. The van der Waals surface area contributed by atoms with Gasteiger partial charge in [0.2, 0.25) is 5.91 Å². The van der Waals surface area contributed by atoms with Gasteiger partial charge in [-0.1, -0.05) is 0 Å². The average molecular weight is 207 g/mol. The first-order valence-corrected chi connectivity index (χ1v) is 5.26. The lowest BCUT2D eigenvalue weighted by Gasteiger charge is -2.33. The van der Waals surface area contributed by atoms with E-state index in [9.17, 15) is 9.18 Å². The van der Waals surface area contributed by atoms with Gasteiger partial charge in [0.25, 0.3) is 0 Å². The van der Waals surface area contributed by atoms with Gasteiger partial charge in [0.05, 0.1) is 0 Å². The highest BCUT2D eigenvalue weighted by atomic mass is 19.1. The molecular formula is C12H14FNO. The summed E-state index contributed by atoms with van der Waals surface area (Å²) in [6.45, 7) is 2.03. The molecule has 1 aromatic carbocycles. The maximum Gasteiger partial charge on any atom is 0.227 e. The second-order valence-electron chi connectivity index (χ2n) is 3.98. The maximum atomic E-state index is 12.7. The second kappa shape index (κ2) is 4.01. The highest BCUT2D eigenvalue weighted by Gasteiger charge is 2.25. The summed E-state index contributed by atoms with van der Waals surface area (Å²) in [5.41, 5.74) is 0.800. The molecule has 0 aromatic heterocycles. The Hall–Kier alpha value is -1.38. The minimum atomic E-state index is -0.268. The molecular weight excluding hydrogens is 193 g/mol. The Morgan fingerprint density at radius 1 is 1.33 bits per heavy atom. The van der Waals surface area contributed by atoms with Gasteiger partial charge in [-0.15, -0.1) is 0 Å². The van der Waals surface area contributed by atoms with Gasteiger partial charge in [0.1, 0.15) is 5.82 Å². The fourth-order valence-electron chi connectivity index (χ4n) is 2.04. The molecule has 1 saturated heterocycles. The number of halogens is 1. The van der Waals surface area contributed by atoms with Crippen LogP contribution in [-0.2, 0) is 4.79 Å². The van der Waals surface area contributed by atoms with E-state index in [1.807, 2.05) is 6.92 Å². The Morgan fingerprint density at radius 3 is 2.60 bits per heavy atom. The Morgan fingerprint density at radius 2 is 2.00 bits per heavy atom. The lowest BCUT2D eigenvalue weighted by molar-refractivity contribution is -0.120. The SMILES string of the molecule is CC1CCCC(=O)N1c1ccc(F)cc1. The molecule has 1 aliphatic heterocycles. The Kier molecular flexibility index (Phi) is 2.71. The fraction of sp³-hybridized carbons (Fsp3) is 0.417. The molecule has 0 saturated carbocycles. The van der Waals surface area contributed by atoms with Crippen molar-refractivity contribution in [2.75, 3.05) is 4.90 Å². The molecule has 0 radical (unpaired) electrons. The summed E-state index contributed by atoms with van der Waals surface area (Å²) in [6.07, 6.45) is 2.57. The summed E-state index contributed by atoms with van der Waals surface area (Å²) in [4.78, 5) is 13.5. The van der Waals surface area contributed by atoms with Crippen LogP contribution in [0.4, 0.5) is 10.1 Å². The molecule has 3 heteroatoms. The quantitative estimate of drug-likeness (QED) is 0.693. The third-order valence-corrected chi connectivity index (χ3v) is 2.83. The number of rotatable bonds is 1. The van der Waals surface area contributed by atoms with Crippen molar-refractivity contribution in [2.45, 2.75) is 32.2 Å². The smallest absolute Gasteiger partial charge is 0.227 e. The molecule has 2 nitrogen and oxygen atoms in total. The van der Waals surface area contributed by atoms with Crippen LogP contribution >= 0.6 is 0 Å². The predicted molar refractivity (Wildman–Crippen MR) is 57.2 cm³/mol. The molecule has 1 aliphatic rings. The zero-order chi connectivity index (χ0) is 10.8. The van der Waals surface area contributed by atoms with Gasteiger partial charge in [-0.3, -0.25) is 4.79 Å². The summed E-state index contributed by atoms with van der Waals surface area (Å²) >= 11 is 0. The van der Waals surface area contributed by atoms with Gasteiger partial charge in [-0.2, -0.15) is 0 Å². The van der Waals surface area contributed by atoms with Gasteiger partial charge in [-0.05, 0) is 44.0 Å². The summed E-state index contributed by atoms with van der Waals surface area (Å²) in [5, 5.41) is 0. The minimum Gasteiger partial charge on any atom is -0.310 e. The normalized spacial score (nSPS) is 21.9. The van der Waals surface area contributed by atoms with E-state index in [0.717, 1.165) is 18.5 Å². The third kappa shape index (κ3) is 2.01. The molecule has 80 valence electrons. The standard InChI is InChI=1S/C12H14FNO/c1-9-3-2-4-12(15)14(9)11-7-5-10(13)6-8-11/h5-9H,2-4H2,1H3. The second-order valence-corrected chi connectivity index (χ2v) is 3.98. The summed E-state index contributed by atoms with van der Waals surface area (Å²) in [6, 6.07) is 6.33. The molecule has 0 spiro atoms. The van der Waals surface area contributed by atoms with Gasteiger partial charge in [-0.25, -0.2) is 4.39 Å². The topological polar surface area (TPSA) is 20.3 Å². The molecule has 1 amide bonds. The van der Waals surface area contributed by atoms with Crippen molar-refractivity contribution >= 4 is 11.6 Å².